The monoisotopic (exact) mass is 315 g/mol. The van der Waals surface area contributed by atoms with Crippen molar-refractivity contribution in [3.63, 3.8) is 0 Å². The normalized spacial score (nSPS) is 22.7. The highest BCUT2D eigenvalue weighted by Gasteiger charge is 2.28. The molecule has 2 aliphatic heterocycles. The second-order valence-electron chi connectivity index (χ2n) is 6.10. The average Bonchev–Trinajstić information content (AvgIpc) is 3.24. The molecule has 0 aliphatic carbocycles. The van der Waals surface area contributed by atoms with Crippen molar-refractivity contribution >= 4 is 5.82 Å². The molecule has 2 fully saturated rings. The van der Waals surface area contributed by atoms with Crippen LogP contribution in [-0.4, -0.2) is 59.9 Å². The third kappa shape index (κ3) is 2.94. The van der Waals surface area contributed by atoms with Crippen LogP contribution in [0, 0.1) is 0 Å². The molecule has 122 valence electrons. The average molecular weight is 315 g/mol. The SMILES string of the molecule is CN1CCCC1c1nc(-c2ccnc(N3CCOCC3)c2)no1. The van der Waals surface area contributed by atoms with Crippen LogP contribution in [0.15, 0.2) is 22.9 Å². The van der Waals surface area contributed by atoms with Gasteiger partial charge in [0, 0.05) is 24.8 Å². The molecule has 4 rings (SSSR count). The van der Waals surface area contributed by atoms with Crippen LogP contribution in [0.5, 0.6) is 0 Å². The van der Waals surface area contributed by atoms with E-state index < -0.39 is 0 Å². The van der Waals surface area contributed by atoms with Crippen LogP contribution in [0.2, 0.25) is 0 Å². The molecule has 0 N–H and O–H groups in total. The first-order chi connectivity index (χ1) is 11.3. The Bertz CT molecular complexity index is 668. The van der Waals surface area contributed by atoms with E-state index in [9.17, 15) is 0 Å². The number of anilines is 1. The minimum Gasteiger partial charge on any atom is -0.378 e. The Morgan fingerprint density at radius 3 is 2.87 bits per heavy atom. The van der Waals surface area contributed by atoms with Gasteiger partial charge in [0.05, 0.1) is 19.3 Å². The molecule has 2 aromatic heterocycles. The lowest BCUT2D eigenvalue weighted by atomic mass is 10.2. The molecule has 2 saturated heterocycles. The minimum absolute atomic E-state index is 0.247. The van der Waals surface area contributed by atoms with E-state index in [1.165, 1.54) is 6.42 Å². The van der Waals surface area contributed by atoms with Gasteiger partial charge in [-0.15, -0.1) is 0 Å². The van der Waals surface area contributed by atoms with Crippen LogP contribution in [0.4, 0.5) is 5.82 Å². The predicted octanol–water partition coefficient (Wildman–Crippen LogP) is 1.73. The second kappa shape index (κ2) is 6.25. The van der Waals surface area contributed by atoms with Crippen molar-refractivity contribution in [2.75, 3.05) is 44.8 Å². The van der Waals surface area contributed by atoms with Crippen LogP contribution < -0.4 is 4.90 Å². The van der Waals surface area contributed by atoms with E-state index in [2.05, 4.69) is 32.0 Å². The first kappa shape index (κ1) is 14.6. The van der Waals surface area contributed by atoms with Crippen molar-refractivity contribution in [2.45, 2.75) is 18.9 Å². The summed E-state index contributed by atoms with van der Waals surface area (Å²) in [4.78, 5) is 13.6. The molecule has 0 saturated carbocycles. The van der Waals surface area contributed by atoms with E-state index >= 15 is 0 Å². The van der Waals surface area contributed by atoms with Crippen LogP contribution >= 0.6 is 0 Å². The van der Waals surface area contributed by atoms with Gasteiger partial charge >= 0.3 is 0 Å². The fraction of sp³-hybridized carbons (Fsp3) is 0.562. The van der Waals surface area contributed by atoms with Crippen molar-refractivity contribution in [3.05, 3.63) is 24.2 Å². The van der Waals surface area contributed by atoms with E-state index in [-0.39, 0.29) is 6.04 Å². The molecule has 1 atom stereocenters. The molecular formula is C16H21N5O2. The number of hydrogen-bond donors (Lipinski definition) is 0. The third-order valence-electron chi connectivity index (χ3n) is 4.59. The number of rotatable bonds is 3. The first-order valence-electron chi connectivity index (χ1n) is 8.14. The fourth-order valence-corrected chi connectivity index (χ4v) is 3.23. The van der Waals surface area contributed by atoms with Crippen LogP contribution in [-0.2, 0) is 4.74 Å². The molecule has 23 heavy (non-hydrogen) atoms. The molecule has 0 radical (unpaired) electrons. The maximum Gasteiger partial charge on any atom is 0.244 e. The van der Waals surface area contributed by atoms with Crippen LogP contribution in [0.3, 0.4) is 0 Å². The molecule has 7 nitrogen and oxygen atoms in total. The van der Waals surface area contributed by atoms with E-state index in [0.717, 1.165) is 50.7 Å². The Hall–Kier alpha value is -1.99. The van der Waals surface area contributed by atoms with Gasteiger partial charge in [-0.2, -0.15) is 4.98 Å². The smallest absolute Gasteiger partial charge is 0.244 e. The standard InChI is InChI=1S/C16H21N5O2/c1-20-6-2-3-13(20)16-18-15(19-23-16)12-4-5-17-14(11-12)21-7-9-22-10-8-21/h4-5,11,13H,2-3,6-10H2,1H3. The molecule has 2 aliphatic rings. The zero-order valence-electron chi connectivity index (χ0n) is 13.3. The number of pyridine rings is 1. The highest BCUT2D eigenvalue weighted by atomic mass is 16.5. The minimum atomic E-state index is 0.247. The topological polar surface area (TPSA) is 67.5 Å². The van der Waals surface area contributed by atoms with Gasteiger partial charge in [-0.25, -0.2) is 4.98 Å². The van der Waals surface area contributed by atoms with Gasteiger partial charge in [-0.3, -0.25) is 4.90 Å². The lowest BCUT2D eigenvalue weighted by molar-refractivity contribution is 0.122. The quantitative estimate of drug-likeness (QED) is 0.854. The van der Waals surface area contributed by atoms with Gasteiger partial charge in [0.2, 0.25) is 11.7 Å². The summed E-state index contributed by atoms with van der Waals surface area (Å²) in [6.45, 7) is 4.29. The van der Waals surface area contributed by atoms with Gasteiger partial charge in [0.1, 0.15) is 5.82 Å². The summed E-state index contributed by atoms with van der Waals surface area (Å²) in [6.07, 6.45) is 4.06. The lowest BCUT2D eigenvalue weighted by Crippen LogP contribution is -2.36. The number of ether oxygens (including phenoxy) is 1. The fourth-order valence-electron chi connectivity index (χ4n) is 3.23. The van der Waals surface area contributed by atoms with Crippen molar-refractivity contribution in [3.8, 4) is 11.4 Å². The van der Waals surface area contributed by atoms with Crippen molar-refractivity contribution < 1.29 is 9.26 Å². The first-order valence-corrected chi connectivity index (χ1v) is 8.14. The Kier molecular flexibility index (Phi) is 3.97. The molecule has 0 bridgehead atoms. The summed E-state index contributed by atoms with van der Waals surface area (Å²) in [6, 6.07) is 4.20. The number of aromatic nitrogens is 3. The summed E-state index contributed by atoms with van der Waals surface area (Å²) in [5.74, 6) is 2.29. The molecule has 4 heterocycles. The molecule has 2 aromatic rings. The number of morpholine rings is 1. The molecular weight excluding hydrogens is 294 g/mol. The molecule has 0 amide bonds. The van der Waals surface area contributed by atoms with Gasteiger partial charge < -0.3 is 14.2 Å². The van der Waals surface area contributed by atoms with Crippen molar-refractivity contribution in [2.24, 2.45) is 0 Å². The summed E-state index contributed by atoms with van der Waals surface area (Å²) >= 11 is 0. The summed E-state index contributed by atoms with van der Waals surface area (Å²) in [5, 5.41) is 4.17. The largest absolute Gasteiger partial charge is 0.378 e. The van der Waals surface area contributed by atoms with Crippen LogP contribution in [0.25, 0.3) is 11.4 Å². The Balaban J connectivity index is 1.57. The van der Waals surface area contributed by atoms with Gasteiger partial charge in [-0.05, 0) is 38.6 Å². The van der Waals surface area contributed by atoms with Crippen LogP contribution in [0.1, 0.15) is 24.8 Å². The number of likely N-dealkylation sites (tertiary alicyclic amines) is 1. The highest BCUT2D eigenvalue weighted by molar-refractivity contribution is 5.59. The molecule has 1 unspecified atom stereocenters. The maximum absolute atomic E-state index is 5.50. The predicted molar refractivity (Wildman–Crippen MR) is 85.2 cm³/mol. The Labute approximate surface area is 135 Å². The van der Waals surface area contributed by atoms with Crippen molar-refractivity contribution in [1.29, 1.82) is 0 Å². The highest BCUT2D eigenvalue weighted by Crippen LogP contribution is 2.30. The summed E-state index contributed by atoms with van der Waals surface area (Å²) in [5.41, 5.74) is 0.942. The van der Waals surface area contributed by atoms with E-state index in [1.807, 2.05) is 12.1 Å². The molecule has 7 heteroatoms. The zero-order valence-corrected chi connectivity index (χ0v) is 13.3. The second-order valence-corrected chi connectivity index (χ2v) is 6.10. The number of hydrogen-bond acceptors (Lipinski definition) is 7. The van der Waals surface area contributed by atoms with Gasteiger partial charge in [0.25, 0.3) is 0 Å². The molecule has 0 aromatic carbocycles. The third-order valence-corrected chi connectivity index (χ3v) is 4.59. The Morgan fingerprint density at radius 1 is 1.22 bits per heavy atom. The Morgan fingerprint density at radius 2 is 2.09 bits per heavy atom. The number of nitrogens with zero attached hydrogens (tertiary/aromatic N) is 5. The van der Waals surface area contributed by atoms with Gasteiger partial charge in [-0.1, -0.05) is 5.16 Å². The van der Waals surface area contributed by atoms with E-state index in [1.54, 1.807) is 6.20 Å². The van der Waals surface area contributed by atoms with Gasteiger partial charge in [0.15, 0.2) is 0 Å². The summed E-state index contributed by atoms with van der Waals surface area (Å²) in [7, 11) is 2.10. The lowest BCUT2D eigenvalue weighted by Gasteiger charge is -2.27. The zero-order chi connectivity index (χ0) is 15.6. The summed E-state index contributed by atoms with van der Waals surface area (Å²) < 4.78 is 10.9. The van der Waals surface area contributed by atoms with Crippen molar-refractivity contribution in [1.82, 2.24) is 20.0 Å². The van der Waals surface area contributed by atoms with E-state index in [0.29, 0.717) is 11.7 Å². The molecule has 0 spiro atoms. The maximum atomic E-state index is 5.50. The van der Waals surface area contributed by atoms with E-state index in [4.69, 9.17) is 9.26 Å².